The van der Waals surface area contributed by atoms with E-state index in [1.165, 1.54) is 17.8 Å². The molecule has 102 valence electrons. The molecule has 1 saturated carbocycles. The van der Waals surface area contributed by atoms with Gasteiger partial charge in [-0.05, 0) is 31.0 Å². The van der Waals surface area contributed by atoms with Gasteiger partial charge in [-0.3, -0.25) is 4.79 Å². The number of benzene rings is 1. The number of hydrogen-bond acceptors (Lipinski definition) is 4. The van der Waals surface area contributed by atoms with E-state index in [0.29, 0.717) is 18.9 Å². The highest BCUT2D eigenvalue weighted by Gasteiger charge is 2.26. The largest absolute Gasteiger partial charge is 0.330 e. The van der Waals surface area contributed by atoms with Crippen LogP contribution in [0.5, 0.6) is 0 Å². The van der Waals surface area contributed by atoms with E-state index in [4.69, 9.17) is 5.73 Å². The number of carbonyl (C=O) groups excluding carboxylic acids is 1. The number of nitrogens with two attached hydrogens (primary N) is 1. The van der Waals surface area contributed by atoms with Gasteiger partial charge in [-0.25, -0.2) is 4.98 Å². The number of aromatic nitrogens is 1. The summed E-state index contributed by atoms with van der Waals surface area (Å²) in [6, 6.07) is 5.86. The van der Waals surface area contributed by atoms with Crippen molar-refractivity contribution >= 4 is 45.6 Å². The maximum absolute atomic E-state index is 11.5. The van der Waals surface area contributed by atoms with Gasteiger partial charge in [0.15, 0.2) is 0 Å². The quantitative estimate of drug-likeness (QED) is 0.912. The van der Waals surface area contributed by atoms with Crippen molar-refractivity contribution in [1.82, 2.24) is 4.98 Å². The minimum Gasteiger partial charge on any atom is -0.330 e. The van der Waals surface area contributed by atoms with Crippen LogP contribution in [0.3, 0.4) is 0 Å². The highest BCUT2D eigenvalue weighted by molar-refractivity contribution is 7.18. The molecule has 19 heavy (non-hydrogen) atoms. The van der Waals surface area contributed by atoms with Crippen LogP contribution >= 0.6 is 23.7 Å². The average Bonchev–Trinajstić information content (AvgIpc) is 3.10. The van der Waals surface area contributed by atoms with Crippen molar-refractivity contribution < 1.29 is 4.79 Å². The van der Waals surface area contributed by atoms with Crippen LogP contribution in [0.2, 0.25) is 0 Å². The number of halogens is 1. The fraction of sp³-hybridized carbons (Fsp3) is 0.385. The first-order valence-corrected chi connectivity index (χ1v) is 6.98. The Bertz CT molecular complexity index is 595. The van der Waals surface area contributed by atoms with E-state index in [1.807, 2.05) is 18.2 Å². The summed E-state index contributed by atoms with van der Waals surface area (Å²) in [4.78, 5) is 16.1. The van der Waals surface area contributed by atoms with E-state index in [0.717, 1.165) is 15.9 Å². The van der Waals surface area contributed by atoms with Crippen molar-refractivity contribution in [2.45, 2.75) is 25.2 Å². The molecule has 1 aromatic heterocycles. The SMILES string of the molecule is Cl.NCCC(=O)Nc1ccc2nc(C3CC3)sc2c1. The number of anilines is 1. The number of rotatable bonds is 4. The molecule has 3 N–H and O–H groups in total. The molecule has 0 spiro atoms. The lowest BCUT2D eigenvalue weighted by molar-refractivity contribution is -0.116. The van der Waals surface area contributed by atoms with E-state index in [9.17, 15) is 4.79 Å². The van der Waals surface area contributed by atoms with Crippen LogP contribution in [0, 0.1) is 0 Å². The molecule has 0 unspecified atom stereocenters. The summed E-state index contributed by atoms with van der Waals surface area (Å²) in [7, 11) is 0. The van der Waals surface area contributed by atoms with Crippen LogP contribution in [-0.4, -0.2) is 17.4 Å². The van der Waals surface area contributed by atoms with E-state index >= 15 is 0 Å². The second-order valence-corrected chi connectivity index (χ2v) is 5.66. The number of nitrogens with zero attached hydrogens (tertiary/aromatic N) is 1. The van der Waals surface area contributed by atoms with Crippen LogP contribution < -0.4 is 11.1 Å². The fourth-order valence-electron chi connectivity index (χ4n) is 1.88. The first-order valence-electron chi connectivity index (χ1n) is 6.16. The zero-order valence-corrected chi connectivity index (χ0v) is 12.0. The Morgan fingerprint density at radius 2 is 2.26 bits per heavy atom. The third kappa shape index (κ3) is 3.23. The number of amides is 1. The highest BCUT2D eigenvalue weighted by Crippen LogP contribution is 2.43. The Morgan fingerprint density at radius 3 is 2.95 bits per heavy atom. The molecular formula is C13H16ClN3OS. The Hall–Kier alpha value is -1.17. The predicted octanol–water partition coefficient (Wildman–Crippen LogP) is 2.88. The number of fused-ring (bicyclic) bond motifs is 1. The van der Waals surface area contributed by atoms with Crippen molar-refractivity contribution in [3.8, 4) is 0 Å². The second-order valence-electron chi connectivity index (χ2n) is 4.60. The van der Waals surface area contributed by atoms with E-state index in [-0.39, 0.29) is 18.3 Å². The molecule has 1 aliphatic rings. The third-order valence-electron chi connectivity index (χ3n) is 2.99. The molecule has 6 heteroatoms. The highest BCUT2D eigenvalue weighted by atomic mass is 35.5. The number of hydrogen-bond donors (Lipinski definition) is 2. The van der Waals surface area contributed by atoms with Gasteiger partial charge in [-0.2, -0.15) is 0 Å². The lowest BCUT2D eigenvalue weighted by atomic mass is 10.3. The lowest BCUT2D eigenvalue weighted by Crippen LogP contribution is -2.15. The summed E-state index contributed by atoms with van der Waals surface area (Å²) < 4.78 is 1.14. The van der Waals surface area contributed by atoms with Gasteiger partial charge in [0.2, 0.25) is 5.91 Å². The summed E-state index contributed by atoms with van der Waals surface area (Å²) in [5.74, 6) is 0.640. The number of carbonyl (C=O) groups is 1. The molecule has 4 nitrogen and oxygen atoms in total. The van der Waals surface area contributed by atoms with Crippen LogP contribution in [0.25, 0.3) is 10.2 Å². The van der Waals surface area contributed by atoms with Gasteiger partial charge in [0.25, 0.3) is 0 Å². The number of nitrogens with one attached hydrogen (secondary N) is 1. The van der Waals surface area contributed by atoms with Gasteiger partial charge in [0, 0.05) is 24.6 Å². The van der Waals surface area contributed by atoms with Crippen molar-refractivity contribution in [1.29, 1.82) is 0 Å². The summed E-state index contributed by atoms with van der Waals surface area (Å²) in [6.45, 7) is 0.375. The molecular weight excluding hydrogens is 282 g/mol. The third-order valence-corrected chi connectivity index (χ3v) is 4.17. The lowest BCUT2D eigenvalue weighted by Gasteiger charge is -2.03. The van der Waals surface area contributed by atoms with Crippen molar-refractivity contribution in [2.75, 3.05) is 11.9 Å². The molecule has 0 aliphatic heterocycles. The normalized spacial score (nSPS) is 14.2. The fourth-order valence-corrected chi connectivity index (χ4v) is 3.06. The molecule has 1 aliphatic carbocycles. The van der Waals surface area contributed by atoms with Gasteiger partial charge in [0.1, 0.15) is 0 Å². The summed E-state index contributed by atoms with van der Waals surface area (Å²) in [5, 5.41) is 4.08. The monoisotopic (exact) mass is 297 g/mol. The first kappa shape index (κ1) is 14.2. The predicted molar refractivity (Wildman–Crippen MR) is 81.1 cm³/mol. The van der Waals surface area contributed by atoms with Gasteiger partial charge in [-0.1, -0.05) is 0 Å². The molecule has 1 amide bonds. The summed E-state index contributed by atoms with van der Waals surface area (Å²) in [6.07, 6.45) is 2.88. The molecule has 0 bridgehead atoms. The molecule has 0 radical (unpaired) electrons. The summed E-state index contributed by atoms with van der Waals surface area (Å²) in [5.41, 5.74) is 7.20. The maximum Gasteiger partial charge on any atom is 0.225 e. The molecule has 0 saturated heterocycles. The molecule has 1 heterocycles. The molecule has 2 aromatic rings. The molecule has 3 rings (SSSR count). The van der Waals surface area contributed by atoms with Crippen LogP contribution in [0.4, 0.5) is 5.69 Å². The number of thiazole rings is 1. The average molecular weight is 298 g/mol. The van der Waals surface area contributed by atoms with Crippen molar-refractivity contribution in [3.05, 3.63) is 23.2 Å². The topological polar surface area (TPSA) is 68.0 Å². The Balaban J connectivity index is 0.00000133. The van der Waals surface area contributed by atoms with Gasteiger partial charge in [0.05, 0.1) is 15.2 Å². The minimum absolute atomic E-state index is 0. The Kier molecular flexibility index (Phi) is 4.39. The molecule has 1 fully saturated rings. The Labute approximate surface area is 121 Å². The minimum atomic E-state index is -0.0382. The van der Waals surface area contributed by atoms with Gasteiger partial charge < -0.3 is 11.1 Å². The first-order chi connectivity index (χ1) is 8.76. The Morgan fingerprint density at radius 1 is 1.47 bits per heavy atom. The van der Waals surface area contributed by atoms with E-state index in [1.54, 1.807) is 11.3 Å². The maximum atomic E-state index is 11.5. The van der Waals surface area contributed by atoms with Crippen molar-refractivity contribution in [2.24, 2.45) is 5.73 Å². The molecule has 0 atom stereocenters. The standard InChI is InChI=1S/C13H15N3OS.ClH/c14-6-5-12(17)15-9-3-4-10-11(7-9)18-13(16-10)8-1-2-8;/h3-4,7-8H,1-2,5-6,14H2,(H,15,17);1H. The van der Waals surface area contributed by atoms with E-state index < -0.39 is 0 Å². The van der Waals surface area contributed by atoms with Crippen LogP contribution in [0.1, 0.15) is 30.2 Å². The van der Waals surface area contributed by atoms with Crippen LogP contribution in [0.15, 0.2) is 18.2 Å². The van der Waals surface area contributed by atoms with Gasteiger partial charge in [-0.15, -0.1) is 23.7 Å². The molecule has 1 aromatic carbocycles. The van der Waals surface area contributed by atoms with E-state index in [2.05, 4.69) is 10.3 Å². The second kappa shape index (κ2) is 5.86. The zero-order chi connectivity index (χ0) is 12.5. The van der Waals surface area contributed by atoms with Crippen molar-refractivity contribution in [3.63, 3.8) is 0 Å². The smallest absolute Gasteiger partial charge is 0.225 e. The van der Waals surface area contributed by atoms with Gasteiger partial charge >= 0.3 is 0 Å². The van der Waals surface area contributed by atoms with Crippen LogP contribution in [-0.2, 0) is 4.79 Å². The zero-order valence-electron chi connectivity index (χ0n) is 10.4. The summed E-state index contributed by atoms with van der Waals surface area (Å²) >= 11 is 1.74.